The van der Waals surface area contributed by atoms with Crippen LogP contribution in [-0.4, -0.2) is 68.8 Å². The van der Waals surface area contributed by atoms with Crippen LogP contribution in [0.15, 0.2) is 23.2 Å². The van der Waals surface area contributed by atoms with E-state index in [9.17, 15) is 28.8 Å². The van der Waals surface area contributed by atoms with Gasteiger partial charge in [0.05, 0.1) is 33.2 Å². The molecule has 1 aliphatic heterocycles. The number of rotatable bonds is 5. The second kappa shape index (κ2) is 9.67. The van der Waals surface area contributed by atoms with Crippen molar-refractivity contribution >= 4 is 35.3 Å². The van der Waals surface area contributed by atoms with Crippen molar-refractivity contribution in [2.75, 3.05) is 21.3 Å². The maximum Gasteiger partial charge on any atom is 0.310 e. The van der Waals surface area contributed by atoms with Gasteiger partial charge in [-0.05, 0) is 30.1 Å². The zero-order chi connectivity index (χ0) is 28.2. The van der Waals surface area contributed by atoms with Gasteiger partial charge in [0, 0.05) is 30.9 Å². The Morgan fingerprint density at radius 1 is 1.00 bits per heavy atom. The lowest BCUT2D eigenvalue weighted by Gasteiger charge is -2.61. The number of carbonyl (C=O) groups is 6. The zero-order valence-corrected chi connectivity index (χ0v) is 22.3. The van der Waals surface area contributed by atoms with Crippen molar-refractivity contribution in [3.05, 3.63) is 23.2 Å². The van der Waals surface area contributed by atoms with E-state index in [2.05, 4.69) is 0 Å². The number of esters is 3. The first-order chi connectivity index (χ1) is 17.8. The number of fused-ring (bicyclic) bond motifs is 3. The number of hydrogen-bond acceptors (Lipinski definition) is 11. The quantitative estimate of drug-likeness (QED) is 0.289. The molecule has 0 spiro atoms. The molecule has 4 rings (SSSR count). The van der Waals surface area contributed by atoms with Gasteiger partial charge in [-0.2, -0.15) is 0 Å². The molecule has 0 amide bonds. The van der Waals surface area contributed by atoms with Gasteiger partial charge in [-0.15, -0.1) is 0 Å². The maximum atomic E-state index is 13.9. The minimum absolute atomic E-state index is 0.0212. The number of carbonyl (C=O) groups excluding carboxylic acids is 6. The first kappa shape index (κ1) is 27.5. The van der Waals surface area contributed by atoms with Crippen LogP contribution in [0, 0.1) is 28.6 Å². The van der Waals surface area contributed by atoms with Crippen molar-refractivity contribution in [1.29, 1.82) is 0 Å². The third-order valence-electron chi connectivity index (χ3n) is 8.84. The highest BCUT2D eigenvalue weighted by Crippen LogP contribution is 2.64. The number of methoxy groups -OCH3 is 3. The summed E-state index contributed by atoms with van der Waals surface area (Å²) in [5.74, 6) is -6.41. The molecule has 0 bridgehead atoms. The summed E-state index contributed by atoms with van der Waals surface area (Å²) in [6.07, 6.45) is -0.557. The first-order valence-electron chi connectivity index (χ1n) is 12.5. The monoisotopic (exact) mass is 532 g/mol. The number of cyclic esters (lactones) is 1. The Kier molecular flexibility index (Phi) is 7.00. The van der Waals surface area contributed by atoms with Crippen LogP contribution in [0.1, 0.15) is 46.5 Å². The number of Topliss-reactive ketones (excluding diaryl/α,β-unsaturated/α-hetero) is 2. The minimum Gasteiger partial charge on any atom is -0.490 e. The summed E-state index contributed by atoms with van der Waals surface area (Å²) in [6, 6.07) is 0. The lowest BCUT2D eigenvalue weighted by Crippen LogP contribution is -2.65. The third kappa shape index (κ3) is 4.03. The summed E-state index contributed by atoms with van der Waals surface area (Å²) in [5.41, 5.74) is -2.08. The van der Waals surface area contributed by atoms with Crippen LogP contribution < -0.4 is 0 Å². The number of ether oxygens (including phenoxy) is 5. The highest BCUT2D eigenvalue weighted by molar-refractivity contribution is 6.21. The fourth-order valence-electron chi connectivity index (χ4n) is 7.23. The molecule has 0 aromatic carbocycles. The molecule has 206 valence electrons. The number of ketones is 3. The SMILES string of the molecule is COC(=O)[C@@H]1C[C@H](OC(C)=O)C(=O)[C@H]2[C@@]1(C)CC[C@H]1C(=O)OC(C3=CC(=O)C(OC)=C(OC)C3=O)C[C@]21C. The van der Waals surface area contributed by atoms with E-state index in [0.717, 1.165) is 6.08 Å². The van der Waals surface area contributed by atoms with Gasteiger partial charge in [-0.25, -0.2) is 0 Å². The average Bonchev–Trinajstić information content (AvgIpc) is 2.84. The van der Waals surface area contributed by atoms with Crippen LogP contribution in [0.3, 0.4) is 0 Å². The van der Waals surface area contributed by atoms with E-state index in [4.69, 9.17) is 23.7 Å². The third-order valence-corrected chi connectivity index (χ3v) is 8.84. The summed E-state index contributed by atoms with van der Waals surface area (Å²) in [6.45, 7) is 4.77. The van der Waals surface area contributed by atoms with Crippen molar-refractivity contribution in [3.63, 3.8) is 0 Å². The summed E-state index contributed by atoms with van der Waals surface area (Å²) in [4.78, 5) is 78.0. The van der Waals surface area contributed by atoms with Gasteiger partial charge in [0.25, 0.3) is 0 Å². The van der Waals surface area contributed by atoms with Gasteiger partial charge in [0.2, 0.25) is 23.1 Å². The summed E-state index contributed by atoms with van der Waals surface area (Å²) >= 11 is 0. The van der Waals surface area contributed by atoms with E-state index < -0.39 is 70.3 Å². The van der Waals surface area contributed by atoms with Crippen LogP contribution in [0.4, 0.5) is 0 Å². The van der Waals surface area contributed by atoms with Gasteiger partial charge in [0.15, 0.2) is 11.9 Å². The molecular formula is C27H32O11. The van der Waals surface area contributed by atoms with Gasteiger partial charge in [-0.1, -0.05) is 13.8 Å². The molecule has 0 radical (unpaired) electrons. The van der Waals surface area contributed by atoms with Crippen LogP contribution in [0.5, 0.6) is 0 Å². The molecule has 3 aliphatic carbocycles. The van der Waals surface area contributed by atoms with Crippen LogP contribution in [0.2, 0.25) is 0 Å². The van der Waals surface area contributed by atoms with Crippen LogP contribution in [0.25, 0.3) is 0 Å². The Balaban J connectivity index is 1.79. The molecule has 11 heteroatoms. The molecular weight excluding hydrogens is 500 g/mol. The second-order valence-electron chi connectivity index (χ2n) is 10.8. The smallest absolute Gasteiger partial charge is 0.310 e. The minimum atomic E-state index is -1.19. The Hall–Kier alpha value is -3.50. The van der Waals surface area contributed by atoms with Gasteiger partial charge < -0.3 is 23.7 Å². The van der Waals surface area contributed by atoms with E-state index in [1.807, 2.05) is 6.92 Å². The van der Waals surface area contributed by atoms with Crippen molar-refractivity contribution < 1.29 is 52.5 Å². The Labute approximate surface area is 219 Å². The molecule has 0 N–H and O–H groups in total. The lowest BCUT2D eigenvalue weighted by molar-refractivity contribution is -0.207. The topological polar surface area (TPSA) is 149 Å². The largest absolute Gasteiger partial charge is 0.490 e. The highest BCUT2D eigenvalue weighted by Gasteiger charge is 2.68. The van der Waals surface area contributed by atoms with Crippen LogP contribution in [-0.2, 0) is 52.5 Å². The van der Waals surface area contributed by atoms with Crippen molar-refractivity contribution in [2.24, 2.45) is 28.6 Å². The molecule has 11 nitrogen and oxygen atoms in total. The average molecular weight is 533 g/mol. The van der Waals surface area contributed by atoms with Crippen LogP contribution >= 0.6 is 0 Å². The Morgan fingerprint density at radius 2 is 1.66 bits per heavy atom. The van der Waals surface area contributed by atoms with E-state index in [1.165, 1.54) is 28.3 Å². The molecule has 0 aromatic heterocycles. The normalized spacial score (nSPS) is 36.9. The molecule has 1 heterocycles. The standard InChI is InChI=1S/C27H32O11/c1-12(28)37-17-10-15(24(32)36-6)26(2)8-7-14-25(33)38-18(11-27(14,3)23(26)20(17)31)13-9-16(29)21(34-4)22(35-5)19(13)30/h9,14-15,17-18,23H,7-8,10-11H2,1-6H3/t14-,15-,17-,18?,23-,26-,27-/m0/s1. The predicted molar refractivity (Wildman–Crippen MR) is 127 cm³/mol. The molecule has 7 atom stereocenters. The fraction of sp³-hybridized carbons (Fsp3) is 0.630. The predicted octanol–water partition coefficient (Wildman–Crippen LogP) is 1.62. The van der Waals surface area contributed by atoms with E-state index in [0.29, 0.717) is 12.8 Å². The molecule has 0 aromatic rings. The Morgan fingerprint density at radius 3 is 2.24 bits per heavy atom. The molecule has 4 aliphatic rings. The second-order valence-corrected chi connectivity index (χ2v) is 10.8. The summed E-state index contributed by atoms with van der Waals surface area (Å²) in [7, 11) is 3.72. The number of hydrogen-bond donors (Lipinski definition) is 0. The zero-order valence-electron chi connectivity index (χ0n) is 22.3. The summed E-state index contributed by atoms with van der Waals surface area (Å²) in [5, 5.41) is 0. The summed E-state index contributed by atoms with van der Waals surface area (Å²) < 4.78 is 26.3. The fourth-order valence-corrected chi connectivity index (χ4v) is 7.23. The number of allylic oxidation sites excluding steroid dienone is 2. The van der Waals surface area contributed by atoms with Crippen molar-refractivity contribution in [3.8, 4) is 0 Å². The molecule has 1 unspecified atom stereocenters. The van der Waals surface area contributed by atoms with Crippen molar-refractivity contribution in [2.45, 2.75) is 58.7 Å². The molecule has 38 heavy (non-hydrogen) atoms. The Bertz CT molecular complexity index is 1180. The maximum absolute atomic E-state index is 13.9. The van der Waals surface area contributed by atoms with E-state index >= 15 is 0 Å². The van der Waals surface area contributed by atoms with Crippen molar-refractivity contribution in [1.82, 2.24) is 0 Å². The molecule has 2 saturated carbocycles. The van der Waals surface area contributed by atoms with Gasteiger partial charge in [-0.3, -0.25) is 28.8 Å². The van der Waals surface area contributed by atoms with E-state index in [1.54, 1.807) is 6.92 Å². The highest BCUT2D eigenvalue weighted by atomic mass is 16.6. The molecule has 1 saturated heterocycles. The molecule has 3 fully saturated rings. The first-order valence-corrected chi connectivity index (χ1v) is 12.5. The van der Waals surface area contributed by atoms with Gasteiger partial charge >= 0.3 is 17.9 Å². The van der Waals surface area contributed by atoms with E-state index in [-0.39, 0.29) is 35.7 Å². The lowest BCUT2D eigenvalue weighted by atomic mass is 9.43. The van der Waals surface area contributed by atoms with Gasteiger partial charge in [0.1, 0.15) is 6.10 Å².